The van der Waals surface area contributed by atoms with Crippen molar-refractivity contribution in [1.29, 1.82) is 0 Å². The van der Waals surface area contributed by atoms with Crippen molar-refractivity contribution >= 4 is 24.1 Å². The van der Waals surface area contributed by atoms with Gasteiger partial charge in [-0.25, -0.2) is 0 Å². The van der Waals surface area contributed by atoms with Gasteiger partial charge in [-0.2, -0.15) is 11.8 Å². The SMILES string of the molecule is CSCC[C@H](NC=O)C(N)=O. The molecule has 1 atom stereocenters. The van der Waals surface area contributed by atoms with Crippen LogP contribution in [0, 0.1) is 0 Å². The average molecular weight is 176 g/mol. The topological polar surface area (TPSA) is 72.2 Å². The van der Waals surface area contributed by atoms with Crippen molar-refractivity contribution in [2.45, 2.75) is 12.5 Å². The van der Waals surface area contributed by atoms with Crippen molar-refractivity contribution in [1.82, 2.24) is 5.32 Å². The van der Waals surface area contributed by atoms with Gasteiger partial charge in [-0.15, -0.1) is 0 Å². The number of nitrogens with one attached hydrogen (secondary N) is 1. The second kappa shape index (κ2) is 6.03. The maximum absolute atomic E-state index is 10.6. The van der Waals surface area contributed by atoms with E-state index in [9.17, 15) is 9.59 Å². The normalized spacial score (nSPS) is 12.1. The predicted octanol–water partition coefficient (Wildman–Crippen LogP) is -0.661. The van der Waals surface area contributed by atoms with Crippen molar-refractivity contribution in [3.8, 4) is 0 Å². The minimum atomic E-state index is -0.514. The van der Waals surface area contributed by atoms with Crippen LogP contribution in [0.3, 0.4) is 0 Å². The Morgan fingerprint density at radius 2 is 2.45 bits per heavy atom. The van der Waals surface area contributed by atoms with Gasteiger partial charge in [0.1, 0.15) is 6.04 Å². The number of hydrogen-bond donors (Lipinski definition) is 2. The molecule has 0 rings (SSSR count). The van der Waals surface area contributed by atoms with E-state index in [1.165, 1.54) is 0 Å². The van der Waals surface area contributed by atoms with Gasteiger partial charge in [0, 0.05) is 0 Å². The van der Waals surface area contributed by atoms with Gasteiger partial charge in [0.05, 0.1) is 0 Å². The fourth-order valence-electron chi connectivity index (χ4n) is 0.626. The molecule has 0 radical (unpaired) electrons. The van der Waals surface area contributed by atoms with Gasteiger partial charge in [0.2, 0.25) is 12.3 Å². The number of primary amides is 1. The zero-order valence-corrected chi connectivity index (χ0v) is 7.19. The molecule has 0 aromatic rings. The number of carbonyl (C=O) groups excluding carboxylic acids is 2. The summed E-state index contributed by atoms with van der Waals surface area (Å²) < 4.78 is 0. The van der Waals surface area contributed by atoms with Crippen molar-refractivity contribution in [2.24, 2.45) is 5.73 Å². The quantitative estimate of drug-likeness (QED) is 0.528. The van der Waals surface area contributed by atoms with Crippen LogP contribution in [0.1, 0.15) is 6.42 Å². The van der Waals surface area contributed by atoms with Crippen molar-refractivity contribution in [3.05, 3.63) is 0 Å². The Labute approximate surface area is 69.9 Å². The van der Waals surface area contributed by atoms with Crippen LogP contribution < -0.4 is 11.1 Å². The van der Waals surface area contributed by atoms with Crippen LogP contribution in [0.25, 0.3) is 0 Å². The Bertz CT molecular complexity index is 141. The van der Waals surface area contributed by atoms with Crippen LogP contribution in [0.5, 0.6) is 0 Å². The summed E-state index contributed by atoms with van der Waals surface area (Å²) >= 11 is 1.61. The van der Waals surface area contributed by atoms with Crippen LogP contribution in [0.2, 0.25) is 0 Å². The van der Waals surface area contributed by atoms with E-state index in [-0.39, 0.29) is 0 Å². The molecule has 4 nitrogen and oxygen atoms in total. The molecule has 0 aliphatic carbocycles. The third kappa shape index (κ3) is 4.66. The molecule has 0 bridgehead atoms. The predicted molar refractivity (Wildman–Crippen MR) is 45.2 cm³/mol. The minimum Gasteiger partial charge on any atom is -0.368 e. The zero-order chi connectivity index (χ0) is 8.69. The van der Waals surface area contributed by atoms with Crippen LogP contribution in [-0.4, -0.2) is 30.4 Å². The van der Waals surface area contributed by atoms with Gasteiger partial charge in [-0.3, -0.25) is 9.59 Å². The van der Waals surface area contributed by atoms with Crippen molar-refractivity contribution < 1.29 is 9.59 Å². The third-order valence-electron chi connectivity index (χ3n) is 1.22. The molecule has 0 heterocycles. The van der Waals surface area contributed by atoms with Gasteiger partial charge in [0.15, 0.2) is 0 Å². The molecule has 0 fully saturated rings. The molecule has 64 valence electrons. The molecule has 0 saturated carbocycles. The number of nitrogens with two attached hydrogens (primary N) is 1. The standard InChI is InChI=1S/C6H12N2O2S/c1-11-3-2-5(6(7)10)8-4-9/h4-5H,2-3H2,1H3,(H2,7,10)(H,8,9)/t5-/m0/s1. The minimum absolute atomic E-state index is 0.480. The molecule has 0 saturated heterocycles. The van der Waals surface area contributed by atoms with E-state index in [4.69, 9.17) is 5.73 Å². The van der Waals surface area contributed by atoms with E-state index < -0.39 is 11.9 Å². The van der Waals surface area contributed by atoms with E-state index in [2.05, 4.69) is 5.32 Å². The van der Waals surface area contributed by atoms with Gasteiger partial charge in [-0.05, 0) is 18.4 Å². The summed E-state index contributed by atoms with van der Waals surface area (Å²) in [5.74, 6) is 0.334. The molecule has 5 heteroatoms. The fourth-order valence-corrected chi connectivity index (χ4v) is 1.10. The first-order valence-corrected chi connectivity index (χ1v) is 4.59. The number of amides is 2. The Kier molecular flexibility index (Phi) is 5.64. The highest BCUT2D eigenvalue weighted by atomic mass is 32.2. The second-order valence-corrected chi connectivity index (χ2v) is 3.01. The molecule has 0 spiro atoms. The highest BCUT2D eigenvalue weighted by molar-refractivity contribution is 7.98. The van der Waals surface area contributed by atoms with Gasteiger partial charge < -0.3 is 11.1 Å². The Morgan fingerprint density at radius 3 is 2.82 bits per heavy atom. The zero-order valence-electron chi connectivity index (χ0n) is 6.37. The van der Waals surface area contributed by atoms with Crippen molar-refractivity contribution in [2.75, 3.05) is 12.0 Å². The summed E-state index contributed by atoms with van der Waals surface area (Å²) in [5.41, 5.74) is 4.99. The first-order chi connectivity index (χ1) is 5.22. The molecule has 0 unspecified atom stereocenters. The summed E-state index contributed by atoms with van der Waals surface area (Å²) in [6, 6.07) is -0.514. The van der Waals surface area contributed by atoms with Crippen LogP contribution in [0.4, 0.5) is 0 Å². The average Bonchev–Trinajstić information content (AvgIpc) is 1.97. The summed E-state index contributed by atoms with van der Waals surface area (Å²) in [6.45, 7) is 0. The molecule has 0 aromatic carbocycles. The maximum Gasteiger partial charge on any atom is 0.240 e. The van der Waals surface area contributed by atoms with Gasteiger partial charge in [0.25, 0.3) is 0 Å². The van der Waals surface area contributed by atoms with Crippen molar-refractivity contribution in [3.63, 3.8) is 0 Å². The smallest absolute Gasteiger partial charge is 0.240 e. The molecular formula is C6H12N2O2S. The van der Waals surface area contributed by atoms with E-state index in [1.807, 2.05) is 6.26 Å². The Morgan fingerprint density at radius 1 is 1.82 bits per heavy atom. The van der Waals surface area contributed by atoms with Crippen LogP contribution in [0.15, 0.2) is 0 Å². The summed E-state index contributed by atoms with van der Waals surface area (Å²) in [4.78, 5) is 20.5. The first kappa shape index (κ1) is 10.3. The van der Waals surface area contributed by atoms with Crippen LogP contribution >= 0.6 is 11.8 Å². The number of hydrogen-bond acceptors (Lipinski definition) is 3. The summed E-state index contributed by atoms with van der Waals surface area (Å²) in [7, 11) is 0. The summed E-state index contributed by atoms with van der Waals surface area (Å²) in [6.07, 6.45) is 3.02. The lowest BCUT2D eigenvalue weighted by Gasteiger charge is -2.09. The number of thioether (sulfide) groups is 1. The fraction of sp³-hybridized carbons (Fsp3) is 0.667. The lowest BCUT2D eigenvalue weighted by Crippen LogP contribution is -2.40. The number of rotatable bonds is 6. The van der Waals surface area contributed by atoms with E-state index in [1.54, 1.807) is 11.8 Å². The first-order valence-electron chi connectivity index (χ1n) is 3.20. The Hall–Kier alpha value is -0.710. The second-order valence-electron chi connectivity index (χ2n) is 2.02. The molecule has 0 aliphatic heterocycles. The highest BCUT2D eigenvalue weighted by Gasteiger charge is 2.12. The Balaban J connectivity index is 3.69. The monoisotopic (exact) mass is 176 g/mol. The third-order valence-corrected chi connectivity index (χ3v) is 1.87. The van der Waals surface area contributed by atoms with E-state index >= 15 is 0 Å². The number of carbonyl (C=O) groups is 2. The van der Waals surface area contributed by atoms with E-state index in [0.29, 0.717) is 12.8 Å². The highest BCUT2D eigenvalue weighted by Crippen LogP contribution is 1.99. The molecular weight excluding hydrogens is 164 g/mol. The lowest BCUT2D eigenvalue weighted by molar-refractivity contribution is -0.122. The molecule has 0 aromatic heterocycles. The largest absolute Gasteiger partial charge is 0.368 e. The molecule has 3 N–H and O–H groups in total. The molecule has 2 amide bonds. The van der Waals surface area contributed by atoms with Gasteiger partial charge >= 0.3 is 0 Å². The summed E-state index contributed by atoms with van der Waals surface area (Å²) in [5, 5.41) is 2.35. The lowest BCUT2D eigenvalue weighted by atomic mass is 10.2. The van der Waals surface area contributed by atoms with E-state index in [0.717, 1.165) is 5.75 Å². The maximum atomic E-state index is 10.6. The van der Waals surface area contributed by atoms with Gasteiger partial charge in [-0.1, -0.05) is 0 Å². The van der Waals surface area contributed by atoms with Crippen LogP contribution in [-0.2, 0) is 9.59 Å². The molecule has 11 heavy (non-hydrogen) atoms. The molecule has 0 aliphatic rings.